The molecule has 100 valence electrons. The van der Waals surface area contributed by atoms with Gasteiger partial charge in [0.1, 0.15) is 5.82 Å². The van der Waals surface area contributed by atoms with Crippen LogP contribution in [0.1, 0.15) is 39.2 Å². The first-order valence-electron chi connectivity index (χ1n) is 6.53. The molecule has 2 rings (SSSR count). The number of hydrogen-bond acceptors (Lipinski definition) is 1. The Morgan fingerprint density at radius 3 is 2.61 bits per heavy atom. The number of benzene rings is 1. The zero-order chi connectivity index (χ0) is 13.4. The molecule has 1 aliphatic rings. The van der Waals surface area contributed by atoms with Gasteiger partial charge in [-0.05, 0) is 48.9 Å². The Balaban J connectivity index is 2.27. The molecule has 0 aromatic heterocycles. The molecule has 1 saturated heterocycles. The lowest BCUT2D eigenvalue weighted by Crippen LogP contribution is -2.52. The molecule has 1 atom stereocenters. The average molecular weight is 270 g/mol. The van der Waals surface area contributed by atoms with Crippen molar-refractivity contribution in [2.45, 2.75) is 45.6 Å². The fraction of sp³-hybridized carbons (Fsp3) is 0.600. The van der Waals surface area contributed by atoms with E-state index in [1.54, 1.807) is 6.07 Å². The monoisotopic (exact) mass is 269 g/mol. The second-order valence-electron chi connectivity index (χ2n) is 6.29. The highest BCUT2D eigenvalue weighted by molar-refractivity contribution is 6.30. The molecule has 0 radical (unpaired) electrons. The molecule has 0 spiro atoms. The van der Waals surface area contributed by atoms with Gasteiger partial charge in [-0.15, -0.1) is 0 Å². The van der Waals surface area contributed by atoms with Crippen molar-refractivity contribution in [3.8, 4) is 0 Å². The maximum atomic E-state index is 13.2. The Morgan fingerprint density at radius 1 is 1.39 bits per heavy atom. The highest BCUT2D eigenvalue weighted by Gasteiger charge is 2.43. The highest BCUT2D eigenvalue weighted by atomic mass is 35.5. The molecule has 1 unspecified atom stereocenters. The third-order valence-electron chi connectivity index (χ3n) is 4.17. The molecule has 0 bridgehead atoms. The summed E-state index contributed by atoms with van der Waals surface area (Å²) in [5.74, 6) is -0.343. The van der Waals surface area contributed by atoms with E-state index >= 15 is 0 Å². The average Bonchev–Trinajstić information content (AvgIpc) is 2.73. The van der Waals surface area contributed by atoms with Crippen LogP contribution in [0.4, 0.5) is 4.39 Å². The van der Waals surface area contributed by atoms with E-state index < -0.39 is 0 Å². The van der Waals surface area contributed by atoms with Gasteiger partial charge in [0.2, 0.25) is 0 Å². The molecule has 0 saturated carbocycles. The minimum absolute atomic E-state index is 0.0914. The molecule has 3 heteroatoms. The van der Waals surface area contributed by atoms with Crippen molar-refractivity contribution < 1.29 is 4.39 Å². The standard InChI is InChI=1S/C15H21ClFN/c1-14(2,3)15(7-4-8-18-15)10-11-5-6-13(17)12(16)9-11/h5-6,9,18H,4,7-8,10H2,1-3H3. The van der Waals surface area contributed by atoms with Crippen molar-refractivity contribution in [1.82, 2.24) is 5.32 Å². The minimum Gasteiger partial charge on any atom is -0.310 e. The normalized spacial score (nSPS) is 24.5. The Morgan fingerprint density at radius 2 is 2.11 bits per heavy atom. The molecule has 1 N–H and O–H groups in total. The van der Waals surface area contributed by atoms with Crippen LogP contribution in [-0.4, -0.2) is 12.1 Å². The second kappa shape index (κ2) is 4.82. The van der Waals surface area contributed by atoms with Crippen LogP contribution in [0.5, 0.6) is 0 Å². The Bertz CT molecular complexity index is 431. The van der Waals surface area contributed by atoms with E-state index in [0.717, 1.165) is 24.9 Å². The van der Waals surface area contributed by atoms with E-state index in [9.17, 15) is 4.39 Å². The van der Waals surface area contributed by atoms with Crippen molar-refractivity contribution in [3.05, 3.63) is 34.6 Å². The van der Waals surface area contributed by atoms with Gasteiger partial charge in [0.15, 0.2) is 0 Å². The predicted octanol–water partition coefficient (Wildman–Crippen LogP) is 4.19. The maximum absolute atomic E-state index is 13.2. The van der Waals surface area contributed by atoms with Gasteiger partial charge in [-0.3, -0.25) is 0 Å². The third-order valence-corrected chi connectivity index (χ3v) is 4.46. The van der Waals surface area contributed by atoms with Gasteiger partial charge in [0, 0.05) is 5.54 Å². The van der Waals surface area contributed by atoms with E-state index in [-0.39, 0.29) is 21.8 Å². The first-order valence-corrected chi connectivity index (χ1v) is 6.91. The molecule has 0 amide bonds. The molecular weight excluding hydrogens is 249 g/mol. The lowest BCUT2D eigenvalue weighted by molar-refractivity contribution is 0.159. The van der Waals surface area contributed by atoms with Gasteiger partial charge >= 0.3 is 0 Å². The Labute approximate surface area is 114 Å². The molecule has 1 heterocycles. The lowest BCUT2D eigenvalue weighted by atomic mass is 9.69. The lowest BCUT2D eigenvalue weighted by Gasteiger charge is -2.42. The van der Waals surface area contributed by atoms with Crippen LogP contribution in [0.25, 0.3) is 0 Å². The summed E-state index contributed by atoms with van der Waals surface area (Å²) in [4.78, 5) is 0. The van der Waals surface area contributed by atoms with Crippen molar-refractivity contribution in [3.63, 3.8) is 0 Å². The zero-order valence-corrected chi connectivity index (χ0v) is 12.1. The topological polar surface area (TPSA) is 12.0 Å². The second-order valence-corrected chi connectivity index (χ2v) is 6.69. The first-order chi connectivity index (χ1) is 8.34. The summed E-state index contributed by atoms with van der Waals surface area (Å²) >= 11 is 5.86. The summed E-state index contributed by atoms with van der Waals surface area (Å²) in [6.07, 6.45) is 3.26. The van der Waals surface area contributed by atoms with E-state index in [1.807, 2.05) is 6.07 Å². The smallest absolute Gasteiger partial charge is 0.141 e. The molecule has 1 nitrogen and oxygen atoms in total. The van der Waals surface area contributed by atoms with Crippen LogP contribution in [0, 0.1) is 11.2 Å². The summed E-state index contributed by atoms with van der Waals surface area (Å²) < 4.78 is 13.2. The van der Waals surface area contributed by atoms with E-state index in [2.05, 4.69) is 26.1 Å². The van der Waals surface area contributed by atoms with E-state index in [0.29, 0.717) is 0 Å². The van der Waals surface area contributed by atoms with Crippen LogP contribution in [-0.2, 0) is 6.42 Å². The molecule has 18 heavy (non-hydrogen) atoms. The summed E-state index contributed by atoms with van der Waals surface area (Å²) in [6.45, 7) is 7.84. The molecular formula is C15H21ClFN. The van der Waals surface area contributed by atoms with Gasteiger partial charge in [-0.25, -0.2) is 4.39 Å². The summed E-state index contributed by atoms with van der Waals surface area (Å²) in [6, 6.07) is 5.06. The first kappa shape index (κ1) is 13.8. The predicted molar refractivity (Wildman–Crippen MR) is 74.5 cm³/mol. The molecule has 1 aliphatic heterocycles. The van der Waals surface area contributed by atoms with Crippen LogP contribution in [0.3, 0.4) is 0 Å². The maximum Gasteiger partial charge on any atom is 0.141 e. The zero-order valence-electron chi connectivity index (χ0n) is 11.3. The van der Waals surface area contributed by atoms with Crippen molar-refractivity contribution in [2.75, 3.05) is 6.54 Å². The van der Waals surface area contributed by atoms with Crippen molar-refractivity contribution >= 4 is 11.6 Å². The molecule has 1 fully saturated rings. The Kier molecular flexibility index (Phi) is 3.70. The quantitative estimate of drug-likeness (QED) is 0.849. The highest BCUT2D eigenvalue weighted by Crippen LogP contribution is 2.40. The number of nitrogens with one attached hydrogen (secondary N) is 1. The van der Waals surface area contributed by atoms with Crippen LogP contribution < -0.4 is 5.32 Å². The Hall–Kier alpha value is -0.600. The van der Waals surface area contributed by atoms with Crippen molar-refractivity contribution in [2.24, 2.45) is 5.41 Å². The van der Waals surface area contributed by atoms with Crippen LogP contribution >= 0.6 is 11.6 Å². The number of hydrogen-bond donors (Lipinski definition) is 1. The number of rotatable bonds is 2. The van der Waals surface area contributed by atoms with Gasteiger partial charge in [0.05, 0.1) is 5.02 Å². The van der Waals surface area contributed by atoms with Gasteiger partial charge < -0.3 is 5.32 Å². The van der Waals surface area contributed by atoms with Gasteiger partial charge in [0.25, 0.3) is 0 Å². The van der Waals surface area contributed by atoms with Gasteiger partial charge in [-0.2, -0.15) is 0 Å². The molecule has 0 aliphatic carbocycles. The SMILES string of the molecule is CC(C)(C)C1(Cc2ccc(F)c(Cl)c2)CCCN1. The number of halogens is 2. The van der Waals surface area contributed by atoms with E-state index in [1.165, 1.54) is 12.5 Å². The fourth-order valence-electron chi connectivity index (χ4n) is 2.86. The minimum atomic E-state index is -0.343. The fourth-order valence-corrected chi connectivity index (χ4v) is 3.06. The largest absolute Gasteiger partial charge is 0.310 e. The van der Waals surface area contributed by atoms with Crippen molar-refractivity contribution in [1.29, 1.82) is 0 Å². The van der Waals surface area contributed by atoms with Crippen LogP contribution in [0.15, 0.2) is 18.2 Å². The summed E-state index contributed by atoms with van der Waals surface area (Å²) in [7, 11) is 0. The third kappa shape index (κ3) is 2.55. The van der Waals surface area contributed by atoms with E-state index in [4.69, 9.17) is 11.6 Å². The van der Waals surface area contributed by atoms with Crippen LogP contribution in [0.2, 0.25) is 5.02 Å². The molecule has 1 aromatic carbocycles. The summed E-state index contributed by atoms with van der Waals surface area (Å²) in [5, 5.41) is 3.87. The molecule has 1 aromatic rings. The summed E-state index contributed by atoms with van der Waals surface area (Å²) in [5.41, 5.74) is 1.36. The van der Waals surface area contributed by atoms with Gasteiger partial charge in [-0.1, -0.05) is 38.4 Å².